The zero-order valence-electron chi connectivity index (χ0n) is 9.08. The van der Waals surface area contributed by atoms with Gasteiger partial charge >= 0.3 is 5.97 Å². The van der Waals surface area contributed by atoms with E-state index in [9.17, 15) is 4.79 Å². The molecule has 1 aromatic carbocycles. The summed E-state index contributed by atoms with van der Waals surface area (Å²) >= 11 is 1.59. The standard InChI is InChI=1S/C11H9N2O2PS/c1-2-15-10(14)9-13-7-5-3-4-6-8(7)17-11(13)12-16-9/h3-6H,2H2,1H3. The Balaban J connectivity index is 2.29. The van der Waals surface area contributed by atoms with Crippen LogP contribution in [0.1, 0.15) is 17.1 Å². The van der Waals surface area contributed by atoms with Crippen molar-refractivity contribution in [2.24, 2.45) is 0 Å². The van der Waals surface area contributed by atoms with Crippen molar-refractivity contribution in [1.82, 2.24) is 9.15 Å². The maximum atomic E-state index is 11.8. The van der Waals surface area contributed by atoms with Crippen LogP contribution in [0, 0.1) is 0 Å². The van der Waals surface area contributed by atoms with E-state index in [2.05, 4.69) is 4.75 Å². The van der Waals surface area contributed by atoms with E-state index in [1.165, 1.54) is 0 Å². The summed E-state index contributed by atoms with van der Waals surface area (Å²) in [6.45, 7) is 2.19. The number of carbonyl (C=O) groups excluding carboxylic acids is 1. The molecule has 0 N–H and O–H groups in total. The van der Waals surface area contributed by atoms with Crippen molar-refractivity contribution >= 4 is 40.8 Å². The molecule has 0 spiro atoms. The van der Waals surface area contributed by atoms with Gasteiger partial charge in [-0.15, -0.1) is 0 Å². The lowest BCUT2D eigenvalue weighted by atomic mass is 10.3. The number of ether oxygens (including phenoxy) is 1. The maximum Gasteiger partial charge on any atom is 0.361 e. The molecule has 0 unspecified atom stereocenters. The van der Waals surface area contributed by atoms with Crippen LogP contribution >= 0.6 is 19.7 Å². The Labute approximate surface area is 103 Å². The van der Waals surface area contributed by atoms with E-state index in [1.807, 2.05) is 28.7 Å². The van der Waals surface area contributed by atoms with Crippen LogP contribution in [0.4, 0.5) is 0 Å². The van der Waals surface area contributed by atoms with Crippen molar-refractivity contribution in [3.63, 3.8) is 0 Å². The van der Waals surface area contributed by atoms with Gasteiger partial charge in [0.1, 0.15) is 0 Å². The van der Waals surface area contributed by atoms with E-state index < -0.39 is 0 Å². The van der Waals surface area contributed by atoms with Gasteiger partial charge in [0.2, 0.25) is 0 Å². The largest absolute Gasteiger partial charge is 0.461 e. The van der Waals surface area contributed by atoms with Crippen molar-refractivity contribution < 1.29 is 9.53 Å². The molecule has 0 aliphatic heterocycles. The zero-order valence-corrected chi connectivity index (χ0v) is 10.8. The molecule has 0 aliphatic carbocycles. The second-order valence-electron chi connectivity index (χ2n) is 3.43. The van der Waals surface area contributed by atoms with Crippen molar-refractivity contribution in [2.45, 2.75) is 6.92 Å². The molecule has 2 heterocycles. The first-order chi connectivity index (χ1) is 8.31. The number of rotatable bonds is 2. The molecule has 0 radical (unpaired) electrons. The van der Waals surface area contributed by atoms with E-state index in [1.54, 1.807) is 18.3 Å². The second-order valence-corrected chi connectivity index (χ2v) is 5.26. The summed E-state index contributed by atoms with van der Waals surface area (Å²) in [6, 6.07) is 7.96. The number of thiazole rings is 1. The number of carbonyl (C=O) groups is 1. The molecule has 86 valence electrons. The highest BCUT2D eigenvalue weighted by Crippen LogP contribution is 2.30. The summed E-state index contributed by atoms with van der Waals surface area (Å²) in [6.07, 6.45) is 0. The first-order valence-corrected chi connectivity index (χ1v) is 6.87. The molecule has 17 heavy (non-hydrogen) atoms. The number of fused-ring (bicyclic) bond motifs is 3. The van der Waals surface area contributed by atoms with Gasteiger partial charge in [0.15, 0.2) is 10.4 Å². The van der Waals surface area contributed by atoms with Gasteiger partial charge in [0.25, 0.3) is 0 Å². The number of hydrogen-bond donors (Lipinski definition) is 0. The number of para-hydroxylation sites is 1. The summed E-state index contributed by atoms with van der Waals surface area (Å²) in [7, 11) is 0.669. The van der Waals surface area contributed by atoms with Crippen molar-refractivity contribution in [3.05, 3.63) is 29.7 Å². The van der Waals surface area contributed by atoms with Gasteiger partial charge in [0, 0.05) is 0 Å². The second kappa shape index (κ2) is 4.09. The van der Waals surface area contributed by atoms with Gasteiger partial charge in [-0.1, -0.05) is 23.5 Å². The molecule has 0 fully saturated rings. The third kappa shape index (κ3) is 1.63. The Hall–Kier alpha value is -1.45. The van der Waals surface area contributed by atoms with Gasteiger partial charge in [-0.05, 0) is 19.1 Å². The molecular weight excluding hydrogens is 255 g/mol. The highest BCUT2D eigenvalue weighted by Gasteiger charge is 2.17. The van der Waals surface area contributed by atoms with E-state index in [0.29, 0.717) is 20.4 Å². The average Bonchev–Trinajstić information content (AvgIpc) is 2.87. The normalized spacial score (nSPS) is 11.6. The van der Waals surface area contributed by atoms with Crippen LogP contribution in [-0.4, -0.2) is 21.7 Å². The molecule has 0 saturated heterocycles. The quantitative estimate of drug-likeness (QED) is 0.667. The molecular formula is C11H9N2O2PS. The van der Waals surface area contributed by atoms with Crippen LogP contribution in [0.5, 0.6) is 0 Å². The van der Waals surface area contributed by atoms with E-state index in [-0.39, 0.29) is 5.97 Å². The van der Waals surface area contributed by atoms with Crippen LogP contribution < -0.4 is 0 Å². The summed E-state index contributed by atoms with van der Waals surface area (Å²) in [4.78, 5) is 12.7. The number of nitrogens with zero attached hydrogens (tertiary/aromatic N) is 2. The third-order valence-electron chi connectivity index (χ3n) is 2.40. The fourth-order valence-corrected chi connectivity index (χ4v) is 3.66. The molecule has 0 aliphatic rings. The molecule has 0 atom stereocenters. The predicted octanol–water partition coefficient (Wildman–Crippen LogP) is 3.31. The first-order valence-electron chi connectivity index (χ1n) is 5.21. The van der Waals surface area contributed by atoms with Gasteiger partial charge in [-0.2, -0.15) is 4.75 Å². The summed E-state index contributed by atoms with van der Waals surface area (Å²) < 4.78 is 12.4. The van der Waals surface area contributed by atoms with E-state index in [4.69, 9.17) is 4.74 Å². The maximum absolute atomic E-state index is 11.8. The lowest BCUT2D eigenvalue weighted by Crippen LogP contribution is -2.05. The predicted molar refractivity (Wildman–Crippen MR) is 69.0 cm³/mol. The van der Waals surface area contributed by atoms with Gasteiger partial charge in [-0.25, -0.2) is 4.79 Å². The summed E-state index contributed by atoms with van der Waals surface area (Å²) in [5.41, 5.74) is 1.60. The van der Waals surface area contributed by atoms with Gasteiger partial charge < -0.3 is 4.74 Å². The molecule has 2 aromatic heterocycles. The Morgan fingerprint density at radius 2 is 2.35 bits per heavy atom. The van der Waals surface area contributed by atoms with Crippen LogP contribution in [0.3, 0.4) is 0 Å². The Morgan fingerprint density at radius 3 is 3.18 bits per heavy atom. The summed E-state index contributed by atoms with van der Waals surface area (Å²) in [5, 5.41) is 0. The lowest BCUT2D eigenvalue weighted by Gasteiger charge is -1.99. The van der Waals surface area contributed by atoms with Crippen LogP contribution in [0.25, 0.3) is 15.2 Å². The topological polar surface area (TPSA) is 43.6 Å². The molecule has 0 saturated carbocycles. The first kappa shape index (κ1) is 10.7. The smallest absolute Gasteiger partial charge is 0.361 e. The molecule has 0 bridgehead atoms. The molecule has 3 aromatic rings. The fraction of sp³-hybridized carbons (Fsp3) is 0.182. The number of esters is 1. The number of hydrogen-bond acceptors (Lipinski definition) is 4. The highest BCUT2D eigenvalue weighted by molar-refractivity contribution is 7.31. The SMILES string of the molecule is CCOC(=O)c1pnc2sc3ccccc3n12. The van der Waals surface area contributed by atoms with E-state index >= 15 is 0 Å². The highest BCUT2D eigenvalue weighted by atomic mass is 32.1. The monoisotopic (exact) mass is 264 g/mol. The third-order valence-corrected chi connectivity index (χ3v) is 4.42. The molecule has 0 amide bonds. The minimum atomic E-state index is -0.287. The van der Waals surface area contributed by atoms with E-state index in [0.717, 1.165) is 15.2 Å². The molecule has 4 nitrogen and oxygen atoms in total. The van der Waals surface area contributed by atoms with Crippen LogP contribution in [-0.2, 0) is 4.74 Å². The number of benzene rings is 1. The van der Waals surface area contributed by atoms with Gasteiger partial charge in [0.05, 0.1) is 25.2 Å². The van der Waals surface area contributed by atoms with Crippen molar-refractivity contribution in [1.29, 1.82) is 0 Å². The Morgan fingerprint density at radius 1 is 1.53 bits per heavy atom. The van der Waals surface area contributed by atoms with Crippen LogP contribution in [0.15, 0.2) is 24.3 Å². The van der Waals surface area contributed by atoms with Crippen molar-refractivity contribution in [2.75, 3.05) is 6.61 Å². The van der Waals surface area contributed by atoms with Gasteiger partial charge in [-0.3, -0.25) is 4.40 Å². The Kier molecular flexibility index (Phi) is 2.57. The lowest BCUT2D eigenvalue weighted by molar-refractivity contribution is 0.0525. The Bertz CT molecular complexity index is 704. The molecule has 3 rings (SSSR count). The fourth-order valence-electron chi connectivity index (χ4n) is 1.71. The average molecular weight is 264 g/mol. The molecule has 6 heteroatoms. The van der Waals surface area contributed by atoms with Crippen LogP contribution in [0.2, 0.25) is 0 Å². The summed E-state index contributed by atoms with van der Waals surface area (Å²) in [5.74, 6) is -0.287. The minimum absolute atomic E-state index is 0.287. The minimum Gasteiger partial charge on any atom is -0.461 e. The zero-order chi connectivity index (χ0) is 11.8. The number of aromatic nitrogens is 2. The van der Waals surface area contributed by atoms with Crippen molar-refractivity contribution in [3.8, 4) is 0 Å².